The van der Waals surface area contributed by atoms with Crippen molar-refractivity contribution >= 4 is 0 Å². The summed E-state index contributed by atoms with van der Waals surface area (Å²) in [6.45, 7) is 6.79. The molecule has 1 N–H and O–H groups in total. The molecule has 0 aromatic heterocycles. The van der Waals surface area contributed by atoms with Crippen LogP contribution in [-0.4, -0.2) is 10.7 Å². The van der Waals surface area contributed by atoms with Gasteiger partial charge in [-0.15, -0.1) is 0 Å². The number of hydrogen-bond donors (Lipinski definition) is 1. The second-order valence-corrected chi connectivity index (χ2v) is 6.11. The molecule has 0 bridgehead atoms. The molecule has 2 saturated carbocycles. The van der Waals surface area contributed by atoms with Crippen molar-refractivity contribution < 1.29 is 5.11 Å². The van der Waals surface area contributed by atoms with Gasteiger partial charge in [0.1, 0.15) is 0 Å². The largest absolute Gasteiger partial charge is 0.389 e. The summed E-state index contributed by atoms with van der Waals surface area (Å²) >= 11 is 0. The monoisotopic (exact) mass is 196 g/mol. The van der Waals surface area contributed by atoms with Crippen molar-refractivity contribution in [3.05, 3.63) is 0 Å². The van der Waals surface area contributed by atoms with E-state index in [1.54, 1.807) is 0 Å². The second-order valence-electron chi connectivity index (χ2n) is 6.11. The third-order valence-electron chi connectivity index (χ3n) is 4.55. The van der Waals surface area contributed by atoms with Gasteiger partial charge >= 0.3 is 0 Å². The Bertz CT molecular complexity index is 215. The molecule has 0 heterocycles. The summed E-state index contributed by atoms with van der Waals surface area (Å²) in [6.07, 6.45) is 7.50. The average molecular weight is 196 g/mol. The molecule has 2 fully saturated rings. The fraction of sp³-hybridized carbons (Fsp3) is 1.00. The van der Waals surface area contributed by atoms with E-state index in [2.05, 4.69) is 20.8 Å². The molecule has 2 unspecified atom stereocenters. The van der Waals surface area contributed by atoms with Gasteiger partial charge < -0.3 is 5.11 Å². The third-order valence-corrected chi connectivity index (χ3v) is 4.55. The molecule has 2 aliphatic rings. The highest BCUT2D eigenvalue weighted by Gasteiger charge is 2.63. The van der Waals surface area contributed by atoms with E-state index in [1.807, 2.05) is 0 Å². The molecular formula is C13H24O. The van der Waals surface area contributed by atoms with Gasteiger partial charge in [0.25, 0.3) is 0 Å². The summed E-state index contributed by atoms with van der Waals surface area (Å²) in [6, 6.07) is 0. The van der Waals surface area contributed by atoms with Crippen molar-refractivity contribution in [2.24, 2.45) is 17.3 Å². The van der Waals surface area contributed by atoms with Crippen molar-refractivity contribution in [3.63, 3.8) is 0 Å². The van der Waals surface area contributed by atoms with Crippen LogP contribution in [0.4, 0.5) is 0 Å². The molecular weight excluding hydrogens is 172 g/mol. The highest BCUT2D eigenvalue weighted by molar-refractivity contribution is 5.14. The second kappa shape index (κ2) is 3.23. The third kappa shape index (κ3) is 1.41. The van der Waals surface area contributed by atoms with Crippen LogP contribution in [0.25, 0.3) is 0 Å². The summed E-state index contributed by atoms with van der Waals surface area (Å²) in [5.41, 5.74) is 0.00829. The van der Waals surface area contributed by atoms with Crippen molar-refractivity contribution in [1.82, 2.24) is 0 Å². The molecule has 0 amide bonds. The van der Waals surface area contributed by atoms with Gasteiger partial charge in [-0.2, -0.15) is 0 Å². The Balaban J connectivity index is 2.14. The van der Waals surface area contributed by atoms with E-state index in [0.717, 1.165) is 12.3 Å². The van der Waals surface area contributed by atoms with E-state index < -0.39 is 0 Å². The van der Waals surface area contributed by atoms with E-state index >= 15 is 0 Å². The van der Waals surface area contributed by atoms with Gasteiger partial charge in [-0.3, -0.25) is 0 Å². The molecule has 0 spiro atoms. The van der Waals surface area contributed by atoms with Crippen molar-refractivity contribution in [2.45, 2.75) is 64.9 Å². The molecule has 0 aromatic rings. The molecule has 2 atom stereocenters. The first-order chi connectivity index (χ1) is 6.50. The molecule has 1 heteroatoms. The molecule has 0 aliphatic heterocycles. The van der Waals surface area contributed by atoms with Crippen molar-refractivity contribution in [3.8, 4) is 0 Å². The first-order valence-corrected chi connectivity index (χ1v) is 6.23. The first-order valence-electron chi connectivity index (χ1n) is 6.23. The zero-order valence-corrected chi connectivity index (χ0v) is 9.84. The van der Waals surface area contributed by atoms with Crippen molar-refractivity contribution in [1.29, 1.82) is 0 Å². The molecule has 1 nitrogen and oxygen atoms in total. The van der Waals surface area contributed by atoms with Crippen LogP contribution < -0.4 is 0 Å². The van der Waals surface area contributed by atoms with Crippen LogP contribution in [0.2, 0.25) is 0 Å². The highest BCUT2D eigenvalue weighted by Crippen LogP contribution is 2.63. The smallest absolute Gasteiger partial charge is 0.0733 e. The predicted molar refractivity (Wildman–Crippen MR) is 59.1 cm³/mol. The average Bonchev–Trinajstić information content (AvgIpc) is 2.56. The van der Waals surface area contributed by atoms with Crippen LogP contribution in [0.3, 0.4) is 0 Å². The van der Waals surface area contributed by atoms with Gasteiger partial charge in [0.15, 0.2) is 0 Å². The SMILES string of the molecule is CC(C)CC1(C2(O)CC2C)CCCC1. The van der Waals surface area contributed by atoms with Gasteiger partial charge in [0.05, 0.1) is 5.60 Å². The minimum Gasteiger partial charge on any atom is -0.389 e. The maximum atomic E-state index is 10.6. The Kier molecular flexibility index (Phi) is 2.42. The summed E-state index contributed by atoms with van der Waals surface area (Å²) in [5.74, 6) is 1.28. The normalized spacial score (nSPS) is 40.5. The zero-order chi connectivity index (χ0) is 10.4. The molecule has 2 rings (SSSR count). The van der Waals surface area contributed by atoms with E-state index in [0.29, 0.717) is 11.3 Å². The minimum atomic E-state index is -0.284. The zero-order valence-electron chi connectivity index (χ0n) is 9.84. The number of hydrogen-bond acceptors (Lipinski definition) is 1. The Morgan fingerprint density at radius 2 is 1.79 bits per heavy atom. The minimum absolute atomic E-state index is 0.284. The Labute approximate surface area is 87.9 Å². The topological polar surface area (TPSA) is 20.2 Å². The summed E-state index contributed by atoms with van der Waals surface area (Å²) < 4.78 is 0. The van der Waals surface area contributed by atoms with Crippen LogP contribution in [0.1, 0.15) is 59.3 Å². The standard InChI is InChI=1S/C13H24O/c1-10(2)8-12(6-4-5-7-12)13(14)9-11(13)3/h10-11,14H,4-9H2,1-3H3. The Hall–Kier alpha value is -0.0400. The fourth-order valence-corrected chi connectivity index (χ4v) is 3.79. The lowest BCUT2D eigenvalue weighted by atomic mass is 9.71. The molecule has 0 radical (unpaired) electrons. The number of rotatable bonds is 3. The van der Waals surface area contributed by atoms with Gasteiger partial charge in [-0.1, -0.05) is 33.6 Å². The van der Waals surface area contributed by atoms with E-state index in [-0.39, 0.29) is 5.60 Å². The fourth-order valence-electron chi connectivity index (χ4n) is 3.79. The van der Waals surface area contributed by atoms with Gasteiger partial charge in [0, 0.05) is 0 Å². The van der Waals surface area contributed by atoms with Gasteiger partial charge in [0.2, 0.25) is 0 Å². The summed E-state index contributed by atoms with van der Waals surface area (Å²) in [7, 11) is 0. The predicted octanol–water partition coefficient (Wildman–Crippen LogP) is 3.36. The van der Waals surface area contributed by atoms with Crippen LogP contribution in [0, 0.1) is 17.3 Å². The Morgan fingerprint density at radius 3 is 2.14 bits per heavy atom. The van der Waals surface area contributed by atoms with Gasteiger partial charge in [-0.25, -0.2) is 0 Å². The van der Waals surface area contributed by atoms with Crippen LogP contribution >= 0.6 is 0 Å². The molecule has 0 saturated heterocycles. The molecule has 0 aromatic carbocycles. The maximum absolute atomic E-state index is 10.6. The van der Waals surface area contributed by atoms with Crippen molar-refractivity contribution in [2.75, 3.05) is 0 Å². The highest BCUT2D eigenvalue weighted by atomic mass is 16.3. The lowest BCUT2D eigenvalue weighted by Gasteiger charge is -2.37. The van der Waals surface area contributed by atoms with E-state index in [4.69, 9.17) is 0 Å². The maximum Gasteiger partial charge on any atom is 0.0733 e. The van der Waals surface area contributed by atoms with Crippen LogP contribution in [0.15, 0.2) is 0 Å². The van der Waals surface area contributed by atoms with Gasteiger partial charge in [-0.05, 0) is 42.9 Å². The summed E-state index contributed by atoms with van der Waals surface area (Å²) in [5, 5.41) is 10.6. The molecule has 14 heavy (non-hydrogen) atoms. The lowest BCUT2D eigenvalue weighted by molar-refractivity contribution is -0.0218. The first kappa shape index (κ1) is 10.5. The molecule has 2 aliphatic carbocycles. The van der Waals surface area contributed by atoms with E-state index in [9.17, 15) is 5.11 Å². The lowest BCUT2D eigenvalue weighted by Crippen LogP contribution is -2.37. The number of aliphatic hydroxyl groups is 1. The van der Waals surface area contributed by atoms with E-state index in [1.165, 1.54) is 32.1 Å². The Morgan fingerprint density at radius 1 is 1.29 bits per heavy atom. The van der Waals surface area contributed by atoms with Crippen LogP contribution in [-0.2, 0) is 0 Å². The quantitative estimate of drug-likeness (QED) is 0.734. The molecule has 82 valence electrons. The van der Waals surface area contributed by atoms with Crippen LogP contribution in [0.5, 0.6) is 0 Å². The summed E-state index contributed by atoms with van der Waals surface area (Å²) in [4.78, 5) is 0.